The van der Waals surface area contributed by atoms with E-state index in [1.54, 1.807) is 18.3 Å². The molecule has 0 bridgehead atoms. The third kappa shape index (κ3) is 4.79. The van der Waals surface area contributed by atoms with Crippen LogP contribution in [0, 0.1) is 5.92 Å². The van der Waals surface area contributed by atoms with Gasteiger partial charge in [-0.15, -0.1) is 0 Å². The summed E-state index contributed by atoms with van der Waals surface area (Å²) in [7, 11) is 0. The van der Waals surface area contributed by atoms with Crippen molar-refractivity contribution in [1.82, 2.24) is 9.97 Å². The second kappa shape index (κ2) is 8.10. The monoisotopic (exact) mass is 367 g/mol. The van der Waals surface area contributed by atoms with Crippen LogP contribution < -0.4 is 5.32 Å². The van der Waals surface area contributed by atoms with Gasteiger partial charge in [-0.25, -0.2) is 9.97 Å². The summed E-state index contributed by atoms with van der Waals surface area (Å²) in [6.45, 7) is 2.00. The van der Waals surface area contributed by atoms with E-state index in [1.165, 1.54) is 19.3 Å². The predicted molar refractivity (Wildman–Crippen MR) is 95.6 cm³/mol. The van der Waals surface area contributed by atoms with Gasteiger partial charge in [0.25, 0.3) is 0 Å². The van der Waals surface area contributed by atoms with Crippen LogP contribution in [0.3, 0.4) is 0 Å². The molecule has 2 aliphatic rings. The zero-order valence-electron chi connectivity index (χ0n) is 13.2. The van der Waals surface area contributed by atoms with Gasteiger partial charge in [0.2, 0.25) is 5.91 Å². The van der Waals surface area contributed by atoms with E-state index in [1.807, 2.05) is 0 Å². The molecule has 4 rings (SSSR count). The maximum Gasteiger partial charge on any atom is 0.228 e. The molecular formula is C17H19Cl2N3O2. The van der Waals surface area contributed by atoms with Crippen LogP contribution in [-0.4, -0.2) is 29.1 Å². The maximum atomic E-state index is 11.6. The summed E-state index contributed by atoms with van der Waals surface area (Å²) in [6.07, 6.45) is 7.44. The van der Waals surface area contributed by atoms with E-state index in [9.17, 15) is 4.79 Å². The molecule has 0 radical (unpaired) electrons. The number of rotatable bonds is 2. The molecule has 1 aliphatic carbocycles. The number of pyridine rings is 2. The molecule has 1 N–H and O–H groups in total. The Labute approximate surface area is 150 Å². The highest BCUT2D eigenvalue weighted by atomic mass is 35.5. The smallest absolute Gasteiger partial charge is 0.228 e. The molecule has 7 heteroatoms. The molecule has 0 unspecified atom stereocenters. The van der Waals surface area contributed by atoms with E-state index >= 15 is 0 Å². The van der Waals surface area contributed by atoms with Crippen molar-refractivity contribution >= 4 is 45.7 Å². The van der Waals surface area contributed by atoms with Gasteiger partial charge in [0.15, 0.2) is 0 Å². The minimum absolute atomic E-state index is 0.0214. The number of hydrogen-bond donors (Lipinski definition) is 1. The third-order valence-corrected chi connectivity index (χ3v) is 4.40. The molecule has 1 saturated heterocycles. The van der Waals surface area contributed by atoms with Gasteiger partial charge in [-0.3, -0.25) is 4.79 Å². The number of carbonyl (C=O) groups is 1. The van der Waals surface area contributed by atoms with Crippen molar-refractivity contribution in [2.75, 3.05) is 18.5 Å². The summed E-state index contributed by atoms with van der Waals surface area (Å²) in [5, 5.41) is 4.93. The molecule has 24 heavy (non-hydrogen) atoms. The zero-order valence-corrected chi connectivity index (χ0v) is 14.7. The maximum absolute atomic E-state index is 11.6. The number of hydrogen-bond acceptors (Lipinski definition) is 4. The first-order chi connectivity index (χ1) is 11.6. The molecule has 1 aliphatic heterocycles. The fraction of sp³-hybridized carbons (Fsp3) is 0.471. The average molecular weight is 368 g/mol. The lowest BCUT2D eigenvalue weighted by Crippen LogP contribution is -2.14. The molecule has 0 spiro atoms. The summed E-state index contributed by atoms with van der Waals surface area (Å²) in [6, 6.07) is 3.44. The first-order valence-corrected chi connectivity index (χ1v) is 8.89. The van der Waals surface area contributed by atoms with Gasteiger partial charge >= 0.3 is 0 Å². The van der Waals surface area contributed by atoms with E-state index in [2.05, 4.69) is 15.3 Å². The number of nitrogens with one attached hydrogen (secondary N) is 1. The molecule has 0 atom stereocenters. The van der Waals surface area contributed by atoms with E-state index in [0.717, 1.165) is 31.4 Å². The van der Waals surface area contributed by atoms with Gasteiger partial charge in [0, 0.05) is 30.7 Å². The van der Waals surface area contributed by atoms with Crippen molar-refractivity contribution in [1.29, 1.82) is 0 Å². The second-order valence-corrected chi connectivity index (χ2v) is 6.71. The Kier molecular flexibility index (Phi) is 5.87. The third-order valence-electron chi connectivity index (χ3n) is 3.91. The molecule has 1 saturated carbocycles. The number of ether oxygens (including phenoxy) is 1. The van der Waals surface area contributed by atoms with Gasteiger partial charge in [-0.1, -0.05) is 23.2 Å². The van der Waals surface area contributed by atoms with Crippen molar-refractivity contribution in [3.8, 4) is 0 Å². The van der Waals surface area contributed by atoms with Crippen LogP contribution in [0.1, 0.15) is 32.1 Å². The Bertz CT molecular complexity index is 720. The lowest BCUT2D eigenvalue weighted by Gasteiger charge is -2.08. The van der Waals surface area contributed by atoms with E-state index in [4.69, 9.17) is 27.9 Å². The highest BCUT2D eigenvalue weighted by molar-refractivity contribution is 6.36. The normalized spacial score (nSPS) is 17.1. The molecule has 128 valence electrons. The van der Waals surface area contributed by atoms with Gasteiger partial charge in [-0.2, -0.15) is 0 Å². The first kappa shape index (κ1) is 17.4. The van der Waals surface area contributed by atoms with Crippen molar-refractivity contribution in [3.63, 3.8) is 0 Å². The van der Waals surface area contributed by atoms with E-state index < -0.39 is 0 Å². The van der Waals surface area contributed by atoms with Crippen molar-refractivity contribution < 1.29 is 9.53 Å². The summed E-state index contributed by atoms with van der Waals surface area (Å²) >= 11 is 11.8. The van der Waals surface area contributed by atoms with Crippen LogP contribution in [0.5, 0.6) is 0 Å². The quantitative estimate of drug-likeness (QED) is 0.795. The van der Waals surface area contributed by atoms with Gasteiger partial charge < -0.3 is 10.1 Å². The second-order valence-electron chi connectivity index (χ2n) is 5.96. The Morgan fingerprint density at radius 2 is 1.92 bits per heavy atom. The minimum atomic E-state index is 0.0214. The SMILES string of the molecule is C1CCOCC1.O=C(Nc1cc2cc(Cl)nc(Cl)c2cn1)C1CC1. The number of aromatic nitrogens is 2. The Balaban J connectivity index is 0.000000238. The molecule has 0 aromatic carbocycles. The van der Waals surface area contributed by atoms with Crippen molar-refractivity contribution in [2.45, 2.75) is 32.1 Å². The summed E-state index contributed by atoms with van der Waals surface area (Å²) in [4.78, 5) is 19.7. The molecule has 2 fully saturated rings. The Morgan fingerprint density at radius 3 is 2.50 bits per heavy atom. The number of anilines is 1. The summed E-state index contributed by atoms with van der Waals surface area (Å²) < 4.78 is 5.07. The van der Waals surface area contributed by atoms with Gasteiger partial charge in [0.1, 0.15) is 16.1 Å². The number of fused-ring (bicyclic) bond motifs is 1. The Morgan fingerprint density at radius 1 is 1.17 bits per heavy atom. The average Bonchev–Trinajstić information content (AvgIpc) is 3.41. The van der Waals surface area contributed by atoms with Gasteiger partial charge in [0.05, 0.1) is 0 Å². The number of halogens is 2. The van der Waals surface area contributed by atoms with Crippen LogP contribution >= 0.6 is 23.2 Å². The highest BCUT2D eigenvalue weighted by Gasteiger charge is 2.29. The Hall–Kier alpha value is -1.43. The fourth-order valence-corrected chi connectivity index (χ4v) is 2.90. The van der Waals surface area contributed by atoms with Crippen LogP contribution in [0.15, 0.2) is 18.3 Å². The van der Waals surface area contributed by atoms with Crippen LogP contribution in [0.2, 0.25) is 10.3 Å². The molecular weight excluding hydrogens is 349 g/mol. The van der Waals surface area contributed by atoms with Gasteiger partial charge in [-0.05, 0) is 49.6 Å². The van der Waals surface area contributed by atoms with Crippen molar-refractivity contribution in [3.05, 3.63) is 28.6 Å². The zero-order chi connectivity index (χ0) is 16.9. The molecule has 2 aromatic heterocycles. The molecule has 2 aromatic rings. The standard InChI is InChI=1S/C12H9Cl2N3O.C5H10O/c13-9-3-7-4-10(17-12(18)6-1-2-6)15-5-8(7)11(14)16-9;1-2-4-6-5-3-1/h3-6H,1-2H2,(H,15,17,18);1-5H2. The van der Waals surface area contributed by atoms with Crippen molar-refractivity contribution in [2.24, 2.45) is 5.92 Å². The largest absolute Gasteiger partial charge is 0.381 e. The number of carbonyl (C=O) groups excluding carboxylic acids is 1. The number of nitrogens with zero attached hydrogens (tertiary/aromatic N) is 2. The van der Waals surface area contributed by atoms with E-state index in [-0.39, 0.29) is 11.8 Å². The van der Waals surface area contributed by atoms with Crippen LogP contribution in [0.25, 0.3) is 10.8 Å². The van der Waals surface area contributed by atoms with Crippen LogP contribution in [0.4, 0.5) is 5.82 Å². The summed E-state index contributed by atoms with van der Waals surface area (Å²) in [5.74, 6) is 0.679. The fourth-order valence-electron chi connectivity index (χ4n) is 2.41. The molecule has 5 nitrogen and oxygen atoms in total. The highest BCUT2D eigenvalue weighted by Crippen LogP contribution is 2.31. The molecule has 1 amide bonds. The predicted octanol–water partition coefficient (Wildman–Crippen LogP) is 4.47. The lowest BCUT2D eigenvalue weighted by molar-refractivity contribution is -0.117. The lowest BCUT2D eigenvalue weighted by atomic mass is 10.2. The van der Waals surface area contributed by atoms with Crippen LogP contribution in [-0.2, 0) is 9.53 Å². The molecule has 3 heterocycles. The van der Waals surface area contributed by atoms with E-state index in [0.29, 0.717) is 21.5 Å². The number of amides is 1. The minimum Gasteiger partial charge on any atom is -0.381 e. The topological polar surface area (TPSA) is 64.1 Å². The summed E-state index contributed by atoms with van der Waals surface area (Å²) in [5.41, 5.74) is 0. The first-order valence-electron chi connectivity index (χ1n) is 8.14.